The fourth-order valence-electron chi connectivity index (χ4n) is 2.50. The van der Waals surface area contributed by atoms with Crippen LogP contribution in [0.1, 0.15) is 19.3 Å². The molecule has 1 aliphatic rings. The maximum atomic E-state index is 13.4. The van der Waals surface area contributed by atoms with Crippen LogP contribution in [0.15, 0.2) is 18.2 Å². The summed E-state index contributed by atoms with van der Waals surface area (Å²) in [7, 11) is 0. The summed E-state index contributed by atoms with van der Waals surface area (Å²) in [6, 6.07) is 3.50. The minimum absolute atomic E-state index is 0.111. The quantitative estimate of drug-likeness (QED) is 0.869. The van der Waals surface area contributed by atoms with Crippen molar-refractivity contribution in [1.29, 1.82) is 0 Å². The number of nitrogens with two attached hydrogens (primary N) is 1. The third-order valence-corrected chi connectivity index (χ3v) is 3.51. The number of hydrogen-bond acceptors (Lipinski definition) is 2. The van der Waals surface area contributed by atoms with Crippen molar-refractivity contribution in [3.63, 3.8) is 0 Å². The molecule has 98 valence electrons. The van der Waals surface area contributed by atoms with Crippen molar-refractivity contribution in [2.45, 2.75) is 19.3 Å². The first-order valence-electron chi connectivity index (χ1n) is 6.08. The Kier molecular flexibility index (Phi) is 3.91. The fourth-order valence-corrected chi connectivity index (χ4v) is 2.50. The Labute approximate surface area is 104 Å². The number of halogens is 2. The highest BCUT2D eigenvalue weighted by Crippen LogP contribution is 2.32. The normalized spacial score (nSPS) is 23.1. The van der Waals surface area contributed by atoms with Crippen LogP contribution in [0.4, 0.5) is 14.5 Å². The van der Waals surface area contributed by atoms with Crippen LogP contribution in [-0.4, -0.2) is 12.5 Å². The molecular weight excluding hydrogens is 238 g/mol. The first-order chi connectivity index (χ1) is 8.63. The van der Waals surface area contributed by atoms with Crippen LogP contribution in [0, 0.1) is 23.5 Å². The monoisotopic (exact) mass is 254 g/mol. The highest BCUT2D eigenvalue weighted by Gasteiger charge is 2.32. The molecule has 2 rings (SSSR count). The Balaban J connectivity index is 2.12. The Hall–Kier alpha value is -1.49. The van der Waals surface area contributed by atoms with Gasteiger partial charge in [-0.25, -0.2) is 8.78 Å². The summed E-state index contributed by atoms with van der Waals surface area (Å²) >= 11 is 0. The molecule has 2 atom stereocenters. The van der Waals surface area contributed by atoms with Crippen molar-refractivity contribution in [3.8, 4) is 0 Å². The van der Waals surface area contributed by atoms with Crippen LogP contribution in [0.3, 0.4) is 0 Å². The number of amides is 1. The summed E-state index contributed by atoms with van der Waals surface area (Å²) in [6.45, 7) is 0.428. The molecule has 18 heavy (non-hydrogen) atoms. The lowest BCUT2D eigenvalue weighted by atomic mass is 9.95. The van der Waals surface area contributed by atoms with E-state index in [2.05, 4.69) is 5.32 Å². The van der Waals surface area contributed by atoms with E-state index in [0.29, 0.717) is 6.54 Å². The van der Waals surface area contributed by atoms with Crippen LogP contribution in [0.25, 0.3) is 0 Å². The van der Waals surface area contributed by atoms with Crippen LogP contribution in [0.2, 0.25) is 0 Å². The topological polar surface area (TPSA) is 55.1 Å². The molecule has 1 saturated carbocycles. The van der Waals surface area contributed by atoms with Gasteiger partial charge in [-0.15, -0.1) is 0 Å². The van der Waals surface area contributed by atoms with Gasteiger partial charge in [-0.05, 0) is 37.4 Å². The van der Waals surface area contributed by atoms with Crippen LogP contribution in [0.5, 0.6) is 0 Å². The van der Waals surface area contributed by atoms with Gasteiger partial charge >= 0.3 is 0 Å². The van der Waals surface area contributed by atoms with E-state index in [0.717, 1.165) is 31.4 Å². The van der Waals surface area contributed by atoms with Gasteiger partial charge in [0.2, 0.25) is 5.91 Å². The lowest BCUT2D eigenvalue weighted by Crippen LogP contribution is -2.30. The molecule has 1 amide bonds. The third-order valence-electron chi connectivity index (χ3n) is 3.51. The van der Waals surface area contributed by atoms with Crippen molar-refractivity contribution < 1.29 is 13.6 Å². The molecule has 0 spiro atoms. The van der Waals surface area contributed by atoms with E-state index in [-0.39, 0.29) is 23.4 Å². The maximum Gasteiger partial charge on any atom is 0.227 e. The summed E-state index contributed by atoms with van der Waals surface area (Å²) < 4.78 is 26.8. The number of anilines is 1. The number of carbonyl (C=O) groups excluding carboxylic acids is 1. The Morgan fingerprint density at radius 3 is 2.61 bits per heavy atom. The number of rotatable bonds is 3. The molecule has 2 unspecified atom stereocenters. The van der Waals surface area contributed by atoms with Gasteiger partial charge in [0.25, 0.3) is 0 Å². The summed E-state index contributed by atoms with van der Waals surface area (Å²) in [5.74, 6) is -1.99. The Morgan fingerprint density at radius 2 is 2.00 bits per heavy atom. The van der Waals surface area contributed by atoms with Crippen LogP contribution in [-0.2, 0) is 4.79 Å². The van der Waals surface area contributed by atoms with Gasteiger partial charge in [-0.2, -0.15) is 0 Å². The number of carbonyl (C=O) groups is 1. The van der Waals surface area contributed by atoms with Crippen molar-refractivity contribution in [1.82, 2.24) is 0 Å². The average Bonchev–Trinajstić information content (AvgIpc) is 2.82. The maximum absolute atomic E-state index is 13.4. The van der Waals surface area contributed by atoms with Crippen LogP contribution >= 0.6 is 0 Å². The molecule has 1 fully saturated rings. The molecule has 0 radical (unpaired) electrons. The standard InChI is InChI=1S/C13H16F2N2O/c14-10-5-2-6-11(15)12(10)17-13(18)9-4-1-3-8(9)7-16/h2,5-6,8-9H,1,3-4,7,16H2,(H,17,18). The van der Waals surface area contributed by atoms with E-state index in [4.69, 9.17) is 5.73 Å². The minimum atomic E-state index is -0.759. The molecule has 1 aromatic rings. The molecule has 3 nitrogen and oxygen atoms in total. The summed E-state index contributed by atoms with van der Waals surface area (Å²) in [4.78, 5) is 12.0. The highest BCUT2D eigenvalue weighted by atomic mass is 19.1. The SMILES string of the molecule is NCC1CCCC1C(=O)Nc1c(F)cccc1F. The second-order valence-corrected chi connectivity index (χ2v) is 4.62. The molecule has 0 aliphatic heterocycles. The van der Waals surface area contributed by atoms with Gasteiger partial charge in [0.05, 0.1) is 0 Å². The lowest BCUT2D eigenvalue weighted by molar-refractivity contribution is -0.120. The molecule has 1 aliphatic carbocycles. The fraction of sp³-hybridized carbons (Fsp3) is 0.462. The first-order valence-corrected chi connectivity index (χ1v) is 6.08. The molecule has 0 saturated heterocycles. The zero-order valence-corrected chi connectivity index (χ0v) is 9.96. The Bertz CT molecular complexity index is 430. The van der Waals surface area contributed by atoms with Gasteiger partial charge in [0, 0.05) is 5.92 Å². The van der Waals surface area contributed by atoms with Gasteiger partial charge in [-0.1, -0.05) is 12.5 Å². The number of benzene rings is 1. The Morgan fingerprint density at radius 1 is 1.33 bits per heavy atom. The van der Waals surface area contributed by atoms with Gasteiger partial charge in [0.1, 0.15) is 17.3 Å². The third kappa shape index (κ3) is 2.51. The van der Waals surface area contributed by atoms with Crippen molar-refractivity contribution in [2.75, 3.05) is 11.9 Å². The molecule has 0 heterocycles. The predicted molar refractivity (Wildman–Crippen MR) is 64.9 cm³/mol. The molecule has 0 bridgehead atoms. The predicted octanol–water partition coefficient (Wildman–Crippen LogP) is 2.28. The van der Waals surface area contributed by atoms with E-state index in [1.807, 2.05) is 0 Å². The average molecular weight is 254 g/mol. The number of para-hydroxylation sites is 1. The molecular formula is C13H16F2N2O. The zero-order chi connectivity index (χ0) is 13.1. The lowest BCUT2D eigenvalue weighted by Gasteiger charge is -2.17. The number of nitrogens with one attached hydrogen (secondary N) is 1. The summed E-state index contributed by atoms with van der Waals surface area (Å²) in [5.41, 5.74) is 5.22. The van der Waals surface area contributed by atoms with Gasteiger partial charge in [0.15, 0.2) is 0 Å². The van der Waals surface area contributed by atoms with E-state index in [9.17, 15) is 13.6 Å². The van der Waals surface area contributed by atoms with E-state index in [1.165, 1.54) is 6.07 Å². The second-order valence-electron chi connectivity index (χ2n) is 4.62. The molecule has 3 N–H and O–H groups in total. The van der Waals surface area contributed by atoms with E-state index >= 15 is 0 Å². The van der Waals surface area contributed by atoms with Crippen LogP contribution < -0.4 is 11.1 Å². The smallest absolute Gasteiger partial charge is 0.227 e. The van der Waals surface area contributed by atoms with Crippen molar-refractivity contribution in [2.24, 2.45) is 17.6 Å². The largest absolute Gasteiger partial charge is 0.330 e. The van der Waals surface area contributed by atoms with Crippen molar-refractivity contribution >= 4 is 11.6 Å². The molecule has 1 aromatic carbocycles. The second kappa shape index (κ2) is 5.44. The minimum Gasteiger partial charge on any atom is -0.330 e. The number of hydrogen-bond donors (Lipinski definition) is 2. The molecule has 5 heteroatoms. The first kappa shape index (κ1) is 13.0. The zero-order valence-electron chi connectivity index (χ0n) is 9.96. The van der Waals surface area contributed by atoms with E-state index in [1.54, 1.807) is 0 Å². The summed E-state index contributed by atoms with van der Waals surface area (Å²) in [6.07, 6.45) is 2.55. The van der Waals surface area contributed by atoms with Crippen molar-refractivity contribution in [3.05, 3.63) is 29.8 Å². The van der Waals surface area contributed by atoms with Gasteiger partial charge < -0.3 is 11.1 Å². The summed E-state index contributed by atoms with van der Waals surface area (Å²) in [5, 5.41) is 2.34. The van der Waals surface area contributed by atoms with E-state index < -0.39 is 11.6 Å². The molecule has 0 aromatic heterocycles. The highest BCUT2D eigenvalue weighted by molar-refractivity contribution is 5.93. The van der Waals surface area contributed by atoms with Gasteiger partial charge in [-0.3, -0.25) is 4.79 Å².